The van der Waals surface area contributed by atoms with Gasteiger partial charge in [0.15, 0.2) is 5.96 Å². The molecule has 8 nitrogen and oxygen atoms in total. The highest BCUT2D eigenvalue weighted by Crippen LogP contribution is 2.36. The average molecular weight is 539 g/mol. The lowest BCUT2D eigenvalue weighted by Crippen LogP contribution is -2.48. The second-order valence-corrected chi connectivity index (χ2v) is 9.37. The summed E-state index contributed by atoms with van der Waals surface area (Å²) in [6.45, 7) is 9.35. The Labute approximate surface area is 225 Å². The molecule has 1 saturated heterocycles. The number of pyridine rings is 1. The van der Waals surface area contributed by atoms with Crippen molar-refractivity contribution in [3.8, 4) is 5.75 Å². The Hall–Kier alpha value is -2.71. The van der Waals surface area contributed by atoms with Gasteiger partial charge >= 0.3 is 5.97 Å². The van der Waals surface area contributed by atoms with Gasteiger partial charge < -0.3 is 25.0 Å². The van der Waals surface area contributed by atoms with Crippen molar-refractivity contribution in [1.82, 2.24) is 9.88 Å². The van der Waals surface area contributed by atoms with Gasteiger partial charge in [0, 0.05) is 43.3 Å². The Morgan fingerprint density at radius 1 is 1.08 bits per heavy atom. The zero-order valence-electron chi connectivity index (χ0n) is 21.2. The number of carbonyl (C=O) groups is 1. The van der Waals surface area contributed by atoms with E-state index in [0.29, 0.717) is 26.0 Å². The van der Waals surface area contributed by atoms with E-state index in [1.807, 2.05) is 37.8 Å². The molecule has 2 aliphatic heterocycles. The number of fused-ring (bicyclic) bond motifs is 1. The van der Waals surface area contributed by atoms with Gasteiger partial charge in [0.1, 0.15) is 17.8 Å². The molecule has 1 fully saturated rings. The van der Waals surface area contributed by atoms with Crippen molar-refractivity contribution in [1.29, 1.82) is 5.41 Å². The zero-order valence-corrected chi connectivity index (χ0v) is 22.8. The molecule has 0 atom stereocenters. The van der Waals surface area contributed by atoms with Crippen LogP contribution in [-0.4, -0.2) is 54.7 Å². The fraction of sp³-hybridized carbons (Fsp3) is 0.500. The van der Waals surface area contributed by atoms with Gasteiger partial charge in [-0.25, -0.2) is 0 Å². The molecule has 2 aromatic rings. The maximum Gasteiger partial charge on any atom is 0.315 e. The second-order valence-electron chi connectivity index (χ2n) is 9.37. The van der Waals surface area contributed by atoms with Crippen LogP contribution in [0.25, 0.3) is 0 Å². The third-order valence-corrected chi connectivity index (χ3v) is 6.91. The van der Waals surface area contributed by atoms with Crippen molar-refractivity contribution < 1.29 is 14.3 Å². The van der Waals surface area contributed by atoms with Crippen LogP contribution in [0.1, 0.15) is 42.3 Å². The van der Waals surface area contributed by atoms with E-state index in [1.165, 1.54) is 5.56 Å². The molecular weight excluding hydrogens is 501 g/mol. The van der Waals surface area contributed by atoms with Crippen molar-refractivity contribution in [3.05, 3.63) is 52.8 Å². The Bertz CT molecular complexity index is 1050. The van der Waals surface area contributed by atoms with Crippen molar-refractivity contribution in [3.63, 3.8) is 0 Å². The summed E-state index contributed by atoms with van der Waals surface area (Å²) in [5.41, 5.74) is 10.5. The van der Waals surface area contributed by atoms with Crippen LogP contribution in [0.15, 0.2) is 30.3 Å². The van der Waals surface area contributed by atoms with Crippen LogP contribution in [0.4, 0.5) is 5.69 Å². The number of benzene rings is 1. The second kappa shape index (κ2) is 12.5. The quantitative estimate of drug-likeness (QED) is 0.325. The SMILES string of the molecule is CCOC(=O)C1(COc2ccc3c(c2)CN(C(=N)N)CC3)CCN(c2cc(C)nc(C)c2)CC1.Cl.Cl. The number of ether oxygens (including phenoxy) is 2. The number of esters is 1. The maximum absolute atomic E-state index is 13.1. The number of carbonyl (C=O) groups excluding carboxylic acids is 1. The van der Waals surface area contributed by atoms with Crippen LogP contribution >= 0.6 is 24.8 Å². The highest BCUT2D eigenvalue weighted by molar-refractivity contribution is 5.85. The van der Waals surface area contributed by atoms with E-state index in [0.717, 1.165) is 54.4 Å². The lowest BCUT2D eigenvalue weighted by atomic mass is 9.79. The number of nitrogens with one attached hydrogen (secondary N) is 1. The van der Waals surface area contributed by atoms with Crippen molar-refractivity contribution in [2.75, 3.05) is 37.7 Å². The minimum atomic E-state index is -0.676. The summed E-state index contributed by atoms with van der Waals surface area (Å²) >= 11 is 0. The summed E-state index contributed by atoms with van der Waals surface area (Å²) < 4.78 is 11.7. The fourth-order valence-electron chi connectivity index (χ4n) is 4.93. The molecule has 1 aromatic carbocycles. The van der Waals surface area contributed by atoms with Crippen LogP contribution in [0.5, 0.6) is 5.75 Å². The molecular formula is C26H37Cl2N5O3. The average Bonchev–Trinajstić information content (AvgIpc) is 2.82. The summed E-state index contributed by atoms with van der Waals surface area (Å²) in [7, 11) is 0. The summed E-state index contributed by atoms with van der Waals surface area (Å²) in [6.07, 6.45) is 2.18. The maximum atomic E-state index is 13.1. The minimum Gasteiger partial charge on any atom is -0.492 e. The van der Waals surface area contributed by atoms with Gasteiger partial charge in [-0.2, -0.15) is 0 Å². The standard InChI is InChI=1S/C26H35N5O3.2ClH/c1-4-33-24(32)26(8-11-30(12-9-26)22-13-18(2)29-19(3)14-22)17-34-23-6-5-20-7-10-31(25(27)28)16-21(20)15-23;;/h5-6,13-15H,4,7-12,16-17H2,1-3H3,(H3,27,28);2*1H. The molecule has 10 heteroatoms. The summed E-state index contributed by atoms with van der Waals surface area (Å²) in [6, 6.07) is 10.3. The molecule has 0 aliphatic carbocycles. The van der Waals surface area contributed by atoms with Crippen LogP contribution in [-0.2, 0) is 22.5 Å². The summed E-state index contributed by atoms with van der Waals surface area (Å²) in [5.74, 6) is 0.637. The molecule has 3 heterocycles. The zero-order chi connectivity index (χ0) is 24.3. The summed E-state index contributed by atoms with van der Waals surface area (Å²) in [5, 5.41) is 7.73. The lowest BCUT2D eigenvalue weighted by Gasteiger charge is -2.40. The molecule has 4 rings (SSSR count). The highest BCUT2D eigenvalue weighted by atomic mass is 35.5. The first kappa shape index (κ1) is 29.5. The van der Waals surface area contributed by atoms with Crippen molar-refractivity contribution in [2.24, 2.45) is 11.1 Å². The smallest absolute Gasteiger partial charge is 0.315 e. The molecule has 198 valence electrons. The van der Waals surface area contributed by atoms with Gasteiger partial charge in [-0.1, -0.05) is 6.07 Å². The largest absolute Gasteiger partial charge is 0.492 e. The molecule has 0 radical (unpaired) electrons. The molecule has 3 N–H and O–H groups in total. The third-order valence-electron chi connectivity index (χ3n) is 6.91. The predicted octanol–water partition coefficient (Wildman–Crippen LogP) is 4.02. The number of piperidine rings is 1. The number of hydrogen-bond acceptors (Lipinski definition) is 6. The van der Waals surface area contributed by atoms with Gasteiger partial charge in [0.05, 0.1) is 6.61 Å². The number of rotatable bonds is 6. The van der Waals surface area contributed by atoms with E-state index in [4.69, 9.17) is 20.6 Å². The van der Waals surface area contributed by atoms with Gasteiger partial charge in [-0.05, 0) is 75.4 Å². The molecule has 2 aliphatic rings. The van der Waals surface area contributed by atoms with Crippen molar-refractivity contribution in [2.45, 2.75) is 46.6 Å². The lowest BCUT2D eigenvalue weighted by molar-refractivity contribution is -0.159. The normalized spacial score (nSPS) is 16.2. The van der Waals surface area contributed by atoms with E-state index >= 15 is 0 Å². The first-order valence-electron chi connectivity index (χ1n) is 12.0. The first-order chi connectivity index (χ1) is 16.3. The van der Waals surface area contributed by atoms with E-state index < -0.39 is 5.41 Å². The minimum absolute atomic E-state index is 0. The number of hydrogen-bond donors (Lipinski definition) is 2. The van der Waals surface area contributed by atoms with E-state index in [9.17, 15) is 4.79 Å². The molecule has 0 amide bonds. The monoisotopic (exact) mass is 537 g/mol. The Morgan fingerprint density at radius 2 is 1.75 bits per heavy atom. The van der Waals surface area contributed by atoms with Crippen LogP contribution in [0.3, 0.4) is 0 Å². The van der Waals surface area contributed by atoms with Gasteiger partial charge in [0.2, 0.25) is 0 Å². The van der Waals surface area contributed by atoms with Gasteiger partial charge in [-0.15, -0.1) is 24.8 Å². The van der Waals surface area contributed by atoms with Gasteiger partial charge in [-0.3, -0.25) is 15.2 Å². The molecule has 0 bridgehead atoms. The Morgan fingerprint density at radius 3 is 2.36 bits per heavy atom. The Balaban J connectivity index is 0.00000228. The van der Waals surface area contributed by atoms with E-state index in [1.54, 1.807) is 0 Å². The number of guanidine groups is 1. The number of nitrogens with two attached hydrogens (primary N) is 1. The number of halogens is 2. The fourth-order valence-corrected chi connectivity index (χ4v) is 4.93. The van der Waals surface area contributed by atoms with Crippen molar-refractivity contribution >= 4 is 42.4 Å². The number of aryl methyl sites for hydroxylation is 2. The molecule has 1 aromatic heterocycles. The van der Waals surface area contributed by atoms with Gasteiger partial charge in [0.25, 0.3) is 0 Å². The number of aromatic nitrogens is 1. The van der Waals surface area contributed by atoms with Crippen LogP contribution in [0.2, 0.25) is 0 Å². The molecule has 0 unspecified atom stereocenters. The first-order valence-corrected chi connectivity index (χ1v) is 12.0. The topological polar surface area (TPSA) is 105 Å². The molecule has 0 spiro atoms. The third kappa shape index (κ3) is 6.53. The van der Waals surface area contributed by atoms with Crippen LogP contribution < -0.4 is 15.4 Å². The van der Waals surface area contributed by atoms with Crippen LogP contribution in [0, 0.1) is 24.7 Å². The van der Waals surface area contributed by atoms with E-state index in [2.05, 4.69) is 28.1 Å². The van der Waals surface area contributed by atoms with E-state index in [-0.39, 0.29) is 43.3 Å². The highest BCUT2D eigenvalue weighted by Gasteiger charge is 2.44. The molecule has 36 heavy (non-hydrogen) atoms. The number of anilines is 1. The molecule has 0 saturated carbocycles. The number of nitrogens with zero attached hydrogens (tertiary/aromatic N) is 3. The summed E-state index contributed by atoms with van der Waals surface area (Å²) in [4.78, 5) is 21.7. The predicted molar refractivity (Wildman–Crippen MR) is 147 cm³/mol. The Kier molecular flexibility index (Phi) is 10.3.